The molecule has 3 aromatic heterocycles. The van der Waals surface area contributed by atoms with Gasteiger partial charge in [-0.15, -0.1) is 0 Å². The lowest BCUT2D eigenvalue weighted by molar-refractivity contribution is -0.136. The van der Waals surface area contributed by atoms with E-state index in [-0.39, 0.29) is 34.5 Å². The third-order valence-corrected chi connectivity index (χ3v) is 6.73. The van der Waals surface area contributed by atoms with Crippen LogP contribution in [0.25, 0.3) is 16.8 Å². The maximum Gasteiger partial charge on any atom is 0.420 e. The number of amides is 2. The molecule has 0 unspecified atom stereocenters. The molecule has 3 aromatic rings. The average molecular weight is 497 g/mol. The van der Waals surface area contributed by atoms with Crippen LogP contribution in [0.3, 0.4) is 0 Å². The molecule has 12 heteroatoms. The summed E-state index contributed by atoms with van der Waals surface area (Å²) in [4.78, 5) is 32.4. The summed E-state index contributed by atoms with van der Waals surface area (Å²) in [6.07, 6.45) is -0.495. The van der Waals surface area contributed by atoms with E-state index in [9.17, 15) is 22.8 Å². The molecular formula is C22H20ClF3N4O4. The smallest absolute Gasteiger partial charge is 0.420 e. The van der Waals surface area contributed by atoms with E-state index in [1.54, 1.807) is 4.90 Å². The largest absolute Gasteiger partial charge is 0.472 e. The van der Waals surface area contributed by atoms with E-state index >= 15 is 0 Å². The zero-order chi connectivity index (χ0) is 24.2. The van der Waals surface area contributed by atoms with Crippen LogP contribution < -0.4 is 0 Å². The number of hydrogen-bond acceptors (Lipinski definition) is 5. The highest BCUT2D eigenvalue weighted by Crippen LogP contribution is 2.37. The molecule has 5 rings (SSSR count). The van der Waals surface area contributed by atoms with Crippen molar-refractivity contribution < 1.29 is 31.9 Å². The Labute approximate surface area is 196 Å². The van der Waals surface area contributed by atoms with Crippen LogP contribution in [0, 0.1) is 5.92 Å². The van der Waals surface area contributed by atoms with Gasteiger partial charge in [0.25, 0.3) is 5.91 Å². The van der Waals surface area contributed by atoms with Gasteiger partial charge in [0.05, 0.1) is 24.6 Å². The first-order valence-corrected chi connectivity index (χ1v) is 11.1. The molecule has 180 valence electrons. The second-order valence-electron chi connectivity index (χ2n) is 8.49. The minimum Gasteiger partial charge on any atom is -0.472 e. The summed E-state index contributed by atoms with van der Waals surface area (Å²) >= 11 is 6.41. The predicted octanol–water partition coefficient (Wildman–Crippen LogP) is 4.57. The number of carbonyl (C=O) groups is 2. The summed E-state index contributed by atoms with van der Waals surface area (Å²) in [6.45, 7) is 3.38. The topological polar surface area (TPSA) is 80.3 Å². The van der Waals surface area contributed by atoms with E-state index in [1.165, 1.54) is 29.7 Å². The number of alkyl halides is 3. The van der Waals surface area contributed by atoms with Gasteiger partial charge >= 0.3 is 12.3 Å². The zero-order valence-electron chi connectivity index (χ0n) is 18.0. The Kier molecular flexibility index (Phi) is 5.46. The summed E-state index contributed by atoms with van der Waals surface area (Å²) in [5, 5.41) is -0.200. The number of imidazole rings is 1. The molecule has 2 fully saturated rings. The van der Waals surface area contributed by atoms with E-state index in [2.05, 4.69) is 4.98 Å². The maximum atomic E-state index is 13.9. The monoisotopic (exact) mass is 496 g/mol. The Morgan fingerprint density at radius 1 is 1.26 bits per heavy atom. The Morgan fingerprint density at radius 2 is 2.06 bits per heavy atom. The molecule has 0 radical (unpaired) electrons. The fourth-order valence-corrected chi connectivity index (χ4v) is 4.94. The molecular weight excluding hydrogens is 477 g/mol. The van der Waals surface area contributed by atoms with E-state index in [1.807, 2.05) is 6.92 Å². The number of likely N-dealkylation sites (tertiary alicyclic amines) is 1. The second kappa shape index (κ2) is 8.23. The molecule has 2 aliphatic rings. The number of pyridine rings is 1. The van der Waals surface area contributed by atoms with Crippen molar-refractivity contribution in [1.29, 1.82) is 0 Å². The average Bonchev–Trinajstić information content (AvgIpc) is 3.53. The van der Waals surface area contributed by atoms with E-state index in [0.29, 0.717) is 38.2 Å². The van der Waals surface area contributed by atoms with Gasteiger partial charge in [-0.1, -0.05) is 18.5 Å². The molecule has 2 amide bonds. The van der Waals surface area contributed by atoms with Crippen molar-refractivity contribution in [3.63, 3.8) is 0 Å². The lowest BCUT2D eigenvalue weighted by Crippen LogP contribution is -2.52. The summed E-state index contributed by atoms with van der Waals surface area (Å²) in [6, 6.07) is 2.41. The van der Waals surface area contributed by atoms with Gasteiger partial charge in [0.2, 0.25) is 0 Å². The Morgan fingerprint density at radius 3 is 2.68 bits per heavy atom. The Bertz CT molecular complexity index is 1260. The third kappa shape index (κ3) is 3.77. The molecule has 0 aromatic carbocycles. The van der Waals surface area contributed by atoms with E-state index in [0.717, 1.165) is 10.5 Å². The fourth-order valence-electron chi connectivity index (χ4n) is 4.69. The van der Waals surface area contributed by atoms with Crippen molar-refractivity contribution >= 4 is 29.2 Å². The number of piperidine rings is 1. The van der Waals surface area contributed by atoms with Crippen LogP contribution >= 0.6 is 11.6 Å². The van der Waals surface area contributed by atoms with Gasteiger partial charge in [0.15, 0.2) is 11.3 Å². The first-order chi connectivity index (χ1) is 16.1. The maximum absolute atomic E-state index is 13.9. The van der Waals surface area contributed by atoms with Gasteiger partial charge in [-0.2, -0.15) is 13.2 Å². The van der Waals surface area contributed by atoms with Crippen molar-refractivity contribution in [3.05, 3.63) is 47.3 Å². The number of carbonyl (C=O) groups excluding carboxylic acids is 2. The van der Waals surface area contributed by atoms with E-state index in [4.69, 9.17) is 20.8 Å². The number of fused-ring (bicyclic) bond motifs is 1. The van der Waals surface area contributed by atoms with Gasteiger partial charge in [0, 0.05) is 36.5 Å². The van der Waals surface area contributed by atoms with Crippen molar-refractivity contribution in [3.8, 4) is 11.1 Å². The minimum absolute atomic E-state index is 0.0578. The van der Waals surface area contributed by atoms with Crippen molar-refractivity contribution in [2.75, 3.05) is 26.2 Å². The van der Waals surface area contributed by atoms with Crippen LogP contribution in [0.4, 0.5) is 18.0 Å². The Balaban J connectivity index is 1.48. The number of halogens is 4. The Hall–Kier alpha value is -3.21. The number of nitrogens with zero attached hydrogens (tertiary/aromatic N) is 4. The first-order valence-electron chi connectivity index (χ1n) is 10.7. The lowest BCUT2D eigenvalue weighted by Gasteiger charge is -2.40. The van der Waals surface area contributed by atoms with E-state index < -0.39 is 23.3 Å². The lowest BCUT2D eigenvalue weighted by atomic mass is 9.92. The molecule has 2 atom stereocenters. The van der Waals surface area contributed by atoms with Crippen LogP contribution in [0.1, 0.15) is 29.4 Å². The summed E-state index contributed by atoms with van der Waals surface area (Å²) in [5.74, 6) is -0.612. The van der Waals surface area contributed by atoms with Crippen LogP contribution in [0.5, 0.6) is 0 Å². The highest BCUT2D eigenvalue weighted by molar-refractivity contribution is 6.33. The molecule has 0 aliphatic carbocycles. The van der Waals surface area contributed by atoms with Gasteiger partial charge in [-0.05, 0) is 24.5 Å². The highest BCUT2D eigenvalue weighted by atomic mass is 35.5. The van der Waals surface area contributed by atoms with Gasteiger partial charge in [0.1, 0.15) is 11.8 Å². The van der Waals surface area contributed by atoms with Crippen LogP contribution in [0.15, 0.2) is 35.3 Å². The van der Waals surface area contributed by atoms with Gasteiger partial charge < -0.3 is 19.0 Å². The van der Waals surface area contributed by atoms with Crippen molar-refractivity contribution in [1.82, 2.24) is 19.2 Å². The number of ether oxygens (including phenoxy) is 1. The fraction of sp³-hybridized carbons (Fsp3) is 0.409. The summed E-state index contributed by atoms with van der Waals surface area (Å²) < 4.78 is 52.6. The number of furan rings is 1. The molecule has 2 saturated heterocycles. The molecule has 0 bridgehead atoms. The van der Waals surface area contributed by atoms with Crippen LogP contribution in [0.2, 0.25) is 5.15 Å². The molecule has 0 saturated carbocycles. The van der Waals surface area contributed by atoms with Crippen molar-refractivity contribution in [2.45, 2.75) is 25.6 Å². The zero-order valence-corrected chi connectivity index (χ0v) is 18.8. The number of aromatic nitrogens is 2. The second-order valence-corrected chi connectivity index (χ2v) is 8.85. The molecule has 8 nitrogen and oxygen atoms in total. The molecule has 0 spiro atoms. The molecule has 34 heavy (non-hydrogen) atoms. The van der Waals surface area contributed by atoms with Crippen LogP contribution in [-0.4, -0.2) is 63.5 Å². The number of cyclic esters (lactones) is 1. The quantitative estimate of drug-likeness (QED) is 0.530. The van der Waals surface area contributed by atoms with Gasteiger partial charge in [-0.3, -0.25) is 9.20 Å². The summed E-state index contributed by atoms with van der Waals surface area (Å²) in [7, 11) is 0. The predicted molar refractivity (Wildman–Crippen MR) is 114 cm³/mol. The number of rotatable bonds is 3. The normalized spacial score (nSPS) is 21.4. The first kappa shape index (κ1) is 22.6. The number of hydrogen-bond donors (Lipinski definition) is 0. The highest BCUT2D eigenvalue weighted by Gasteiger charge is 2.40. The standard InChI is InChI=1S/C22H20ClF3N4O4/c1-12-9-28(4-2-16(12)29-5-7-34-21(29)32)20(31)17-18(23)30-10-14(13-3-6-33-11-13)8-15(19(30)27-17)22(24,25)26/h3,6,8,10-12,16H,2,4-5,7,9H2,1H3/t12-,16+/m0/s1. The third-order valence-electron chi connectivity index (χ3n) is 6.36. The van der Waals surface area contributed by atoms with Crippen LogP contribution in [-0.2, 0) is 10.9 Å². The molecule has 0 N–H and O–H groups in total. The minimum atomic E-state index is -4.72. The molecule has 5 heterocycles. The van der Waals surface area contributed by atoms with Gasteiger partial charge in [-0.25, -0.2) is 9.78 Å². The summed E-state index contributed by atoms with van der Waals surface area (Å²) in [5.41, 5.74) is -1.05. The molecule has 2 aliphatic heterocycles. The van der Waals surface area contributed by atoms with Crippen molar-refractivity contribution in [2.24, 2.45) is 5.92 Å². The SMILES string of the molecule is C[C@H]1CN(C(=O)c2nc3c(C(F)(F)F)cc(-c4ccoc4)cn3c2Cl)CC[C@H]1N1CCOC1=O.